The van der Waals surface area contributed by atoms with Crippen LogP contribution in [0.2, 0.25) is 5.02 Å². The van der Waals surface area contributed by atoms with Crippen molar-refractivity contribution in [1.82, 2.24) is 4.90 Å². The lowest BCUT2D eigenvalue weighted by Crippen LogP contribution is -2.27. The fraction of sp³-hybridized carbons (Fsp3) is 0.0455. The molecular formula is C22H13ClN2O7S. The first kappa shape index (κ1) is 22.3. The summed E-state index contributed by atoms with van der Waals surface area (Å²) in [5, 5.41) is 19.6. The maximum absolute atomic E-state index is 12.7. The lowest BCUT2D eigenvalue weighted by molar-refractivity contribution is -0.384. The summed E-state index contributed by atoms with van der Waals surface area (Å²) >= 11 is 6.64. The van der Waals surface area contributed by atoms with Gasteiger partial charge in [0.15, 0.2) is 0 Å². The van der Waals surface area contributed by atoms with Crippen LogP contribution in [0.25, 0.3) is 17.4 Å². The normalized spacial score (nSPS) is 14.8. The molecule has 0 saturated carbocycles. The van der Waals surface area contributed by atoms with Crippen LogP contribution in [0.3, 0.4) is 0 Å². The van der Waals surface area contributed by atoms with Gasteiger partial charge in [0.1, 0.15) is 11.5 Å². The number of carboxylic acid groups (broad SMARTS) is 1. The van der Waals surface area contributed by atoms with E-state index in [1.54, 1.807) is 18.2 Å². The Hall–Kier alpha value is -3.89. The first-order valence-electron chi connectivity index (χ1n) is 9.34. The molecule has 1 N–H and O–H groups in total. The number of aromatic carboxylic acids is 1. The van der Waals surface area contributed by atoms with Crippen LogP contribution >= 0.6 is 23.4 Å². The largest absolute Gasteiger partial charge is 0.478 e. The van der Waals surface area contributed by atoms with Crippen LogP contribution < -0.4 is 0 Å². The van der Waals surface area contributed by atoms with Gasteiger partial charge >= 0.3 is 5.97 Å². The van der Waals surface area contributed by atoms with E-state index in [2.05, 4.69) is 0 Å². The molecular weight excluding hydrogens is 472 g/mol. The number of thioether (sulfide) groups is 1. The molecule has 0 radical (unpaired) electrons. The number of amides is 2. The number of nitro benzene ring substituents is 1. The fourth-order valence-corrected chi connectivity index (χ4v) is 4.12. The molecule has 9 nitrogen and oxygen atoms in total. The molecule has 11 heteroatoms. The lowest BCUT2D eigenvalue weighted by atomic mass is 10.1. The second-order valence-electron chi connectivity index (χ2n) is 6.89. The molecule has 0 aliphatic carbocycles. The van der Waals surface area contributed by atoms with Crippen molar-refractivity contribution >= 4 is 52.2 Å². The number of nitro groups is 1. The standard InChI is InChI=1S/C22H13ClN2O7S/c23-17-7-3-13(9-16(17)21(27)28)18-8-6-15(32-18)10-19-20(26)24(22(29)33-19)11-12-1-4-14(5-2-12)25(30)31/h1-10H,11H2,(H,27,28)/b19-10+. The smallest absolute Gasteiger partial charge is 0.337 e. The molecule has 3 aromatic rings. The third-order valence-electron chi connectivity index (χ3n) is 4.74. The number of non-ortho nitro benzene ring substituents is 1. The van der Waals surface area contributed by atoms with E-state index in [-0.39, 0.29) is 27.7 Å². The van der Waals surface area contributed by atoms with E-state index in [1.807, 2.05) is 0 Å². The predicted molar refractivity (Wildman–Crippen MR) is 121 cm³/mol. The Kier molecular flexibility index (Phi) is 6.03. The van der Waals surface area contributed by atoms with Gasteiger partial charge in [0, 0.05) is 23.8 Å². The molecule has 0 atom stereocenters. The predicted octanol–water partition coefficient (Wildman–Crippen LogP) is 5.44. The van der Waals surface area contributed by atoms with Crippen molar-refractivity contribution in [2.45, 2.75) is 6.54 Å². The number of carbonyl (C=O) groups excluding carboxylic acids is 2. The highest BCUT2D eigenvalue weighted by Crippen LogP contribution is 2.35. The number of carbonyl (C=O) groups is 3. The molecule has 2 aromatic carbocycles. The summed E-state index contributed by atoms with van der Waals surface area (Å²) < 4.78 is 5.71. The molecule has 166 valence electrons. The zero-order valence-corrected chi connectivity index (χ0v) is 18.1. The molecule has 1 saturated heterocycles. The van der Waals surface area contributed by atoms with Crippen LogP contribution in [0.4, 0.5) is 10.5 Å². The number of furan rings is 1. The van der Waals surface area contributed by atoms with Crippen molar-refractivity contribution in [3.63, 3.8) is 0 Å². The van der Waals surface area contributed by atoms with Crippen LogP contribution in [-0.4, -0.2) is 32.0 Å². The maximum Gasteiger partial charge on any atom is 0.337 e. The number of nitrogens with zero attached hydrogens (tertiary/aromatic N) is 2. The summed E-state index contributed by atoms with van der Waals surface area (Å²) in [6, 6.07) is 13.2. The van der Waals surface area contributed by atoms with E-state index >= 15 is 0 Å². The first-order valence-corrected chi connectivity index (χ1v) is 10.5. The Morgan fingerprint density at radius 2 is 1.88 bits per heavy atom. The van der Waals surface area contributed by atoms with Crippen molar-refractivity contribution in [1.29, 1.82) is 0 Å². The Balaban J connectivity index is 1.52. The van der Waals surface area contributed by atoms with Crippen molar-refractivity contribution < 1.29 is 28.8 Å². The Labute approximate surface area is 195 Å². The zero-order chi connectivity index (χ0) is 23.7. The summed E-state index contributed by atoms with van der Waals surface area (Å²) in [6.45, 7) is -0.0217. The summed E-state index contributed by atoms with van der Waals surface area (Å²) in [4.78, 5) is 47.8. The van der Waals surface area contributed by atoms with Gasteiger partial charge in [-0.05, 0) is 47.7 Å². The van der Waals surface area contributed by atoms with E-state index in [9.17, 15) is 29.6 Å². The molecule has 1 fully saturated rings. The van der Waals surface area contributed by atoms with Gasteiger partial charge in [-0.15, -0.1) is 0 Å². The molecule has 1 aliphatic heterocycles. The average molecular weight is 485 g/mol. The van der Waals surface area contributed by atoms with Crippen LogP contribution in [-0.2, 0) is 11.3 Å². The Morgan fingerprint density at radius 1 is 1.15 bits per heavy atom. The number of rotatable bonds is 6. The van der Waals surface area contributed by atoms with E-state index in [0.29, 0.717) is 22.6 Å². The molecule has 0 bridgehead atoms. The minimum absolute atomic E-state index is 0.0217. The van der Waals surface area contributed by atoms with Crippen LogP contribution in [0.5, 0.6) is 0 Å². The average Bonchev–Trinajstić information content (AvgIpc) is 3.34. The van der Waals surface area contributed by atoms with E-state index in [1.165, 1.54) is 42.5 Å². The number of hydrogen-bond donors (Lipinski definition) is 1. The highest BCUT2D eigenvalue weighted by molar-refractivity contribution is 8.18. The minimum Gasteiger partial charge on any atom is -0.478 e. The van der Waals surface area contributed by atoms with Crippen LogP contribution in [0, 0.1) is 10.1 Å². The third-order valence-corrected chi connectivity index (χ3v) is 5.98. The maximum atomic E-state index is 12.7. The van der Waals surface area contributed by atoms with E-state index in [0.717, 1.165) is 16.7 Å². The van der Waals surface area contributed by atoms with Gasteiger partial charge in [0.25, 0.3) is 16.8 Å². The van der Waals surface area contributed by atoms with Gasteiger partial charge in [-0.1, -0.05) is 23.7 Å². The lowest BCUT2D eigenvalue weighted by Gasteiger charge is -2.12. The Morgan fingerprint density at radius 3 is 2.55 bits per heavy atom. The molecule has 33 heavy (non-hydrogen) atoms. The number of hydrogen-bond acceptors (Lipinski definition) is 7. The summed E-state index contributed by atoms with van der Waals surface area (Å²) in [5.74, 6) is -1.01. The number of halogens is 1. The fourth-order valence-electron chi connectivity index (χ4n) is 3.10. The summed E-state index contributed by atoms with van der Waals surface area (Å²) in [7, 11) is 0. The summed E-state index contributed by atoms with van der Waals surface area (Å²) in [6.07, 6.45) is 1.43. The molecule has 1 aromatic heterocycles. The van der Waals surface area contributed by atoms with Crippen molar-refractivity contribution in [3.8, 4) is 11.3 Å². The highest BCUT2D eigenvalue weighted by atomic mass is 35.5. The number of imide groups is 1. The minimum atomic E-state index is -1.17. The van der Waals surface area contributed by atoms with Crippen molar-refractivity contribution in [2.75, 3.05) is 0 Å². The van der Waals surface area contributed by atoms with Gasteiger partial charge in [0.2, 0.25) is 0 Å². The van der Waals surface area contributed by atoms with Crippen LogP contribution in [0.1, 0.15) is 21.7 Å². The molecule has 0 unspecified atom stereocenters. The zero-order valence-electron chi connectivity index (χ0n) is 16.6. The second-order valence-corrected chi connectivity index (χ2v) is 8.29. The molecule has 2 amide bonds. The molecule has 2 heterocycles. The quantitative estimate of drug-likeness (QED) is 0.278. The first-order chi connectivity index (χ1) is 15.7. The number of carboxylic acids is 1. The van der Waals surface area contributed by atoms with Crippen molar-refractivity contribution in [2.24, 2.45) is 0 Å². The SMILES string of the molecule is O=C(O)c1cc(-c2ccc(/C=C3/SC(=O)N(Cc4ccc([N+](=O)[O-])cc4)C3=O)o2)ccc1Cl. The summed E-state index contributed by atoms with van der Waals surface area (Å²) in [5.41, 5.74) is 0.904. The van der Waals surface area contributed by atoms with Crippen molar-refractivity contribution in [3.05, 3.63) is 91.5 Å². The number of benzene rings is 2. The highest BCUT2D eigenvalue weighted by Gasteiger charge is 2.35. The Bertz CT molecular complexity index is 1330. The monoisotopic (exact) mass is 484 g/mol. The second kappa shape index (κ2) is 8.93. The third kappa shape index (κ3) is 4.66. The van der Waals surface area contributed by atoms with E-state index in [4.69, 9.17) is 16.0 Å². The van der Waals surface area contributed by atoms with Gasteiger partial charge in [-0.3, -0.25) is 24.6 Å². The molecule has 4 rings (SSSR count). The molecule has 0 spiro atoms. The van der Waals surface area contributed by atoms with Gasteiger partial charge in [0.05, 0.1) is 27.0 Å². The van der Waals surface area contributed by atoms with Gasteiger partial charge < -0.3 is 9.52 Å². The van der Waals surface area contributed by atoms with E-state index < -0.39 is 22.0 Å². The van der Waals surface area contributed by atoms with Crippen LogP contribution in [0.15, 0.2) is 63.9 Å². The molecule has 1 aliphatic rings. The topological polar surface area (TPSA) is 131 Å². The van der Waals surface area contributed by atoms with Gasteiger partial charge in [-0.2, -0.15) is 0 Å². The van der Waals surface area contributed by atoms with Gasteiger partial charge in [-0.25, -0.2) is 4.79 Å².